The van der Waals surface area contributed by atoms with Gasteiger partial charge in [0.2, 0.25) is 0 Å². The van der Waals surface area contributed by atoms with Gasteiger partial charge in [-0.25, -0.2) is 4.79 Å². The number of rotatable bonds is 8. The lowest BCUT2D eigenvalue weighted by Gasteiger charge is -2.13. The van der Waals surface area contributed by atoms with E-state index in [1.54, 1.807) is 29.1 Å². The van der Waals surface area contributed by atoms with Gasteiger partial charge in [-0.1, -0.05) is 44.2 Å². The molecule has 0 fully saturated rings. The molecule has 0 saturated carbocycles. The second-order valence-corrected chi connectivity index (χ2v) is 6.92. The first-order valence-electron chi connectivity index (χ1n) is 8.93. The lowest BCUT2D eigenvalue weighted by atomic mass is 10.0. The normalized spacial score (nSPS) is 11.8. The first-order chi connectivity index (χ1) is 12.4. The minimum Gasteiger partial charge on any atom is -0.388 e. The number of benzene rings is 1. The van der Waals surface area contributed by atoms with Crippen LogP contribution in [0, 0.1) is 5.92 Å². The molecule has 0 aliphatic carbocycles. The van der Waals surface area contributed by atoms with Gasteiger partial charge in [0.25, 0.3) is 6.73 Å². The molecular weight excluding hydrogens is 328 g/mol. The summed E-state index contributed by atoms with van der Waals surface area (Å²) in [6.07, 6.45) is 4.25. The van der Waals surface area contributed by atoms with Crippen molar-refractivity contribution < 1.29 is 18.9 Å². The van der Waals surface area contributed by atoms with E-state index in [2.05, 4.69) is 5.32 Å². The van der Waals surface area contributed by atoms with Crippen LogP contribution in [0.4, 0.5) is 4.79 Å². The molecule has 0 aliphatic heterocycles. The average Bonchev–Trinajstić information content (AvgIpc) is 2.60. The fourth-order valence-electron chi connectivity index (χ4n) is 2.65. The second kappa shape index (κ2) is 9.70. The molecule has 5 nitrogen and oxygen atoms in total. The number of aromatic nitrogens is 1. The van der Waals surface area contributed by atoms with Crippen LogP contribution in [0.1, 0.15) is 43.1 Å². The third-order valence-corrected chi connectivity index (χ3v) is 3.87. The van der Waals surface area contributed by atoms with Crippen molar-refractivity contribution >= 4 is 11.9 Å². The van der Waals surface area contributed by atoms with Crippen molar-refractivity contribution in [3.63, 3.8) is 0 Å². The summed E-state index contributed by atoms with van der Waals surface area (Å²) < 4.78 is 6.94. The standard InChI is InChI=1S/C21H26N2O3/c1-16(2)12-20(24)19-10-7-11-23(14-19)15-26-21(25)22-17(3)13-18-8-5-4-6-9-18/h4-11,14,16-17H,12-13,15H2,1-3H3/p+1/t17-/m0/s1. The number of hydrogen-bond donors (Lipinski definition) is 1. The van der Waals surface area contributed by atoms with Gasteiger partial charge in [-0.3, -0.25) is 4.79 Å². The summed E-state index contributed by atoms with van der Waals surface area (Å²) in [5.41, 5.74) is 1.79. The molecule has 0 spiro atoms. The zero-order valence-corrected chi connectivity index (χ0v) is 15.6. The highest BCUT2D eigenvalue weighted by atomic mass is 16.6. The van der Waals surface area contributed by atoms with E-state index in [1.165, 1.54) is 0 Å². The third-order valence-electron chi connectivity index (χ3n) is 3.87. The molecule has 138 valence electrons. The number of carbonyl (C=O) groups is 2. The summed E-state index contributed by atoms with van der Waals surface area (Å²) in [6.45, 7) is 6.03. The van der Waals surface area contributed by atoms with E-state index >= 15 is 0 Å². The Bertz CT molecular complexity index is 729. The topological polar surface area (TPSA) is 59.3 Å². The fraction of sp³-hybridized carbons (Fsp3) is 0.381. The number of pyridine rings is 1. The Balaban J connectivity index is 1.82. The number of carbonyl (C=O) groups excluding carboxylic acids is 2. The number of Topliss-reactive ketones (excluding diaryl/α,β-unsaturated/α-hetero) is 1. The Labute approximate surface area is 155 Å². The summed E-state index contributed by atoms with van der Waals surface area (Å²) in [6, 6.07) is 13.5. The molecule has 0 bridgehead atoms. The second-order valence-electron chi connectivity index (χ2n) is 6.92. The van der Waals surface area contributed by atoms with Crippen molar-refractivity contribution in [3.8, 4) is 0 Å². The van der Waals surface area contributed by atoms with Gasteiger partial charge >= 0.3 is 6.09 Å². The lowest BCUT2D eigenvalue weighted by Crippen LogP contribution is -2.41. The molecule has 2 rings (SSSR count). The van der Waals surface area contributed by atoms with E-state index in [4.69, 9.17) is 4.74 Å². The SMILES string of the molecule is CC(C)CC(=O)c1ccc[n+](COC(=O)N[C@@H](C)Cc2ccccc2)c1. The van der Waals surface area contributed by atoms with Crippen LogP contribution in [0.15, 0.2) is 54.9 Å². The molecule has 0 aliphatic rings. The van der Waals surface area contributed by atoms with Gasteiger partial charge in [0.15, 0.2) is 18.2 Å². The van der Waals surface area contributed by atoms with E-state index in [9.17, 15) is 9.59 Å². The quantitative estimate of drug-likeness (QED) is 0.582. The van der Waals surface area contributed by atoms with E-state index in [1.807, 2.05) is 51.1 Å². The molecule has 1 heterocycles. The summed E-state index contributed by atoms with van der Waals surface area (Å²) in [4.78, 5) is 24.1. The number of ketones is 1. The van der Waals surface area contributed by atoms with Crippen molar-refractivity contribution in [2.75, 3.05) is 0 Å². The number of ether oxygens (including phenoxy) is 1. The molecule has 2 aromatic rings. The van der Waals surface area contributed by atoms with Crippen molar-refractivity contribution in [1.82, 2.24) is 5.32 Å². The largest absolute Gasteiger partial charge is 0.412 e. The molecule has 1 N–H and O–H groups in total. The Morgan fingerprint density at radius 3 is 2.50 bits per heavy atom. The van der Waals surface area contributed by atoms with Crippen LogP contribution in [0.3, 0.4) is 0 Å². The van der Waals surface area contributed by atoms with Crippen LogP contribution in [0.2, 0.25) is 0 Å². The Morgan fingerprint density at radius 2 is 1.81 bits per heavy atom. The molecule has 1 aromatic carbocycles. The molecule has 0 radical (unpaired) electrons. The molecule has 26 heavy (non-hydrogen) atoms. The minimum absolute atomic E-state index is 0.0335. The van der Waals surface area contributed by atoms with E-state index < -0.39 is 6.09 Å². The fourth-order valence-corrected chi connectivity index (χ4v) is 2.65. The molecule has 1 amide bonds. The Kier molecular flexibility index (Phi) is 7.33. The van der Waals surface area contributed by atoms with Gasteiger partial charge in [0, 0.05) is 18.5 Å². The molecule has 1 atom stereocenters. The minimum atomic E-state index is -0.472. The van der Waals surface area contributed by atoms with Crippen LogP contribution in [-0.2, 0) is 17.9 Å². The smallest absolute Gasteiger partial charge is 0.388 e. The maximum atomic E-state index is 12.1. The zero-order chi connectivity index (χ0) is 18.9. The summed E-state index contributed by atoms with van der Waals surface area (Å²) >= 11 is 0. The van der Waals surface area contributed by atoms with Crippen molar-refractivity contribution in [1.29, 1.82) is 0 Å². The number of hydrogen-bond acceptors (Lipinski definition) is 3. The first-order valence-corrected chi connectivity index (χ1v) is 8.93. The van der Waals surface area contributed by atoms with Gasteiger partial charge in [-0.15, -0.1) is 0 Å². The predicted molar refractivity (Wildman–Crippen MR) is 99.6 cm³/mol. The summed E-state index contributed by atoms with van der Waals surface area (Å²) in [5, 5.41) is 2.82. The maximum absolute atomic E-state index is 12.1. The highest BCUT2D eigenvalue weighted by Crippen LogP contribution is 2.07. The Morgan fingerprint density at radius 1 is 1.08 bits per heavy atom. The number of nitrogens with one attached hydrogen (secondary N) is 1. The van der Waals surface area contributed by atoms with Gasteiger partial charge in [0.1, 0.15) is 0 Å². The van der Waals surface area contributed by atoms with Gasteiger partial charge < -0.3 is 10.1 Å². The van der Waals surface area contributed by atoms with Gasteiger partial charge in [-0.2, -0.15) is 4.57 Å². The van der Waals surface area contributed by atoms with Crippen LogP contribution in [-0.4, -0.2) is 17.9 Å². The lowest BCUT2D eigenvalue weighted by molar-refractivity contribution is -0.727. The number of amides is 1. The van der Waals surface area contributed by atoms with E-state index in [0.717, 1.165) is 12.0 Å². The molecule has 5 heteroatoms. The van der Waals surface area contributed by atoms with E-state index in [-0.39, 0.29) is 18.6 Å². The maximum Gasteiger partial charge on any atom is 0.412 e. The first kappa shape index (κ1) is 19.6. The highest BCUT2D eigenvalue weighted by Gasteiger charge is 2.14. The summed E-state index contributed by atoms with van der Waals surface area (Å²) in [5.74, 6) is 0.402. The number of nitrogens with zero attached hydrogens (tertiary/aromatic N) is 1. The van der Waals surface area contributed by atoms with Crippen LogP contribution >= 0.6 is 0 Å². The Hall–Kier alpha value is -2.69. The van der Waals surface area contributed by atoms with Crippen LogP contribution in [0.25, 0.3) is 0 Å². The molecule has 0 saturated heterocycles. The predicted octanol–water partition coefficient (Wildman–Crippen LogP) is 3.52. The highest BCUT2D eigenvalue weighted by molar-refractivity contribution is 5.95. The van der Waals surface area contributed by atoms with Gasteiger partial charge in [0.05, 0.1) is 5.56 Å². The monoisotopic (exact) mass is 355 g/mol. The molecular formula is C21H27N2O3+. The van der Waals surface area contributed by atoms with Crippen LogP contribution in [0.5, 0.6) is 0 Å². The van der Waals surface area contributed by atoms with Crippen molar-refractivity contribution in [3.05, 3.63) is 66.0 Å². The molecule has 1 aromatic heterocycles. The average molecular weight is 355 g/mol. The number of alkyl carbamates (subject to hydrolysis) is 1. The van der Waals surface area contributed by atoms with Crippen molar-refractivity contribution in [2.24, 2.45) is 5.92 Å². The van der Waals surface area contributed by atoms with Crippen molar-refractivity contribution in [2.45, 2.75) is 46.4 Å². The third kappa shape index (κ3) is 6.67. The summed E-state index contributed by atoms with van der Waals surface area (Å²) in [7, 11) is 0. The van der Waals surface area contributed by atoms with Gasteiger partial charge in [-0.05, 0) is 30.9 Å². The van der Waals surface area contributed by atoms with Crippen LogP contribution < -0.4 is 9.88 Å². The van der Waals surface area contributed by atoms with E-state index in [0.29, 0.717) is 17.9 Å². The zero-order valence-electron chi connectivity index (χ0n) is 15.6. The molecule has 0 unspecified atom stereocenters.